The first-order valence-electron chi connectivity index (χ1n) is 29.2. The SMILES string of the molecule is CCCCCCN(NCCCCCC(=O)c1c2ccc(Cl)cc2nc2ccc(OC)cc12)O[C@@H]1[C@H](OP(OCCC#N)N(C(C)C)C(C)C)[C@@H](COC(c2ccccc2)(c2ccc(OC)cc2)c2ccc(OC)cc2)O[C@H]1n1ccc(=O)[nH]c1=O. The first-order chi connectivity index (χ1) is 41.2. The number of Topliss-reactive ketones (excluding diaryl/α,β-unsaturated/α-hetero) is 1. The van der Waals surface area contributed by atoms with Crippen molar-refractivity contribution in [3.63, 3.8) is 0 Å². The average Bonchev–Trinajstić information content (AvgIpc) is 2.00. The molecule has 0 saturated carbocycles. The molecular formula is C65H79ClN7O11P. The number of hydroxylamine groups is 1. The van der Waals surface area contributed by atoms with Crippen LogP contribution in [0.25, 0.3) is 21.8 Å². The molecule has 452 valence electrons. The number of aromatic amines is 1. The van der Waals surface area contributed by atoms with Crippen molar-refractivity contribution in [2.75, 3.05) is 47.6 Å². The summed E-state index contributed by atoms with van der Waals surface area (Å²) in [6.45, 7) is 11.2. The molecule has 1 saturated heterocycles. The molecule has 5 aromatic carbocycles. The maximum absolute atomic E-state index is 14.3. The van der Waals surface area contributed by atoms with Gasteiger partial charge in [0.2, 0.25) is 0 Å². The van der Waals surface area contributed by atoms with Crippen LogP contribution in [-0.4, -0.2) is 108 Å². The minimum absolute atomic E-state index is 0.00441. The van der Waals surface area contributed by atoms with Gasteiger partial charge in [-0.1, -0.05) is 105 Å². The van der Waals surface area contributed by atoms with Crippen molar-refractivity contribution < 1.29 is 42.4 Å². The van der Waals surface area contributed by atoms with Crippen molar-refractivity contribution in [2.24, 2.45) is 0 Å². The van der Waals surface area contributed by atoms with E-state index in [0.717, 1.165) is 53.1 Å². The van der Waals surface area contributed by atoms with E-state index in [2.05, 4.69) is 55.8 Å². The number of ether oxygens (including phenoxy) is 5. The smallest absolute Gasteiger partial charge is 0.330 e. The van der Waals surface area contributed by atoms with Crippen LogP contribution in [0.5, 0.6) is 17.2 Å². The highest BCUT2D eigenvalue weighted by Gasteiger charge is 2.53. The molecule has 7 aromatic rings. The second kappa shape index (κ2) is 31.2. The highest BCUT2D eigenvalue weighted by Crippen LogP contribution is 2.51. The largest absolute Gasteiger partial charge is 0.497 e. The number of hydrogen-bond donors (Lipinski definition) is 2. The number of unbranched alkanes of at least 4 members (excludes halogenated alkanes) is 5. The van der Waals surface area contributed by atoms with E-state index in [1.54, 1.807) is 38.6 Å². The summed E-state index contributed by atoms with van der Waals surface area (Å²) < 4.78 is 48.9. The molecule has 2 N–H and O–H groups in total. The van der Waals surface area contributed by atoms with E-state index >= 15 is 0 Å². The average molecular weight is 1200 g/mol. The van der Waals surface area contributed by atoms with Gasteiger partial charge in [0.15, 0.2) is 18.1 Å². The number of ketones is 1. The van der Waals surface area contributed by atoms with E-state index in [1.165, 1.54) is 16.8 Å². The van der Waals surface area contributed by atoms with E-state index in [1.807, 2.05) is 103 Å². The number of halogens is 1. The van der Waals surface area contributed by atoms with Crippen molar-refractivity contribution in [2.45, 2.75) is 135 Å². The van der Waals surface area contributed by atoms with E-state index in [9.17, 15) is 19.6 Å². The zero-order valence-corrected chi connectivity index (χ0v) is 51.5. The predicted molar refractivity (Wildman–Crippen MR) is 331 cm³/mol. The lowest BCUT2D eigenvalue weighted by Gasteiger charge is -2.40. The summed E-state index contributed by atoms with van der Waals surface area (Å²) in [6, 6.07) is 39.6. The molecule has 20 heteroatoms. The Hall–Kier alpha value is -6.59. The van der Waals surface area contributed by atoms with E-state index in [4.69, 9.17) is 54.2 Å². The van der Waals surface area contributed by atoms with Gasteiger partial charge in [-0.3, -0.25) is 24.0 Å². The number of pyridine rings is 1. The van der Waals surface area contributed by atoms with Gasteiger partial charge in [-0.2, -0.15) is 5.26 Å². The number of hydrazine groups is 1. The number of fused-ring (bicyclic) bond motifs is 2. The summed E-state index contributed by atoms with van der Waals surface area (Å²) in [5.74, 6) is 1.94. The summed E-state index contributed by atoms with van der Waals surface area (Å²) >= 11 is 6.40. The highest BCUT2D eigenvalue weighted by molar-refractivity contribution is 7.44. The fourth-order valence-corrected chi connectivity index (χ4v) is 12.8. The third-order valence-corrected chi connectivity index (χ3v) is 17.3. The molecule has 3 heterocycles. The Morgan fingerprint density at radius 3 is 2.08 bits per heavy atom. The lowest BCUT2D eigenvalue weighted by molar-refractivity contribution is -0.259. The van der Waals surface area contributed by atoms with Gasteiger partial charge in [-0.25, -0.2) is 19.9 Å². The van der Waals surface area contributed by atoms with Gasteiger partial charge in [0.25, 0.3) is 14.1 Å². The summed E-state index contributed by atoms with van der Waals surface area (Å²) in [7, 11) is 2.88. The molecular weight excluding hydrogens is 1120 g/mol. The minimum Gasteiger partial charge on any atom is -0.497 e. The van der Waals surface area contributed by atoms with Gasteiger partial charge in [0, 0.05) is 65.2 Å². The molecule has 8 rings (SSSR count). The van der Waals surface area contributed by atoms with Crippen molar-refractivity contribution in [1.82, 2.24) is 29.8 Å². The molecule has 5 atom stereocenters. The first-order valence-corrected chi connectivity index (χ1v) is 30.7. The Balaban J connectivity index is 1.14. The van der Waals surface area contributed by atoms with Gasteiger partial charge in [0.05, 0.1) is 58.1 Å². The van der Waals surface area contributed by atoms with Crippen molar-refractivity contribution in [1.29, 1.82) is 5.26 Å². The van der Waals surface area contributed by atoms with Crippen LogP contribution in [0.4, 0.5) is 0 Å². The molecule has 85 heavy (non-hydrogen) atoms. The van der Waals surface area contributed by atoms with Crippen LogP contribution < -0.4 is 30.9 Å². The van der Waals surface area contributed by atoms with Gasteiger partial charge >= 0.3 is 5.69 Å². The number of hydrogen-bond acceptors (Lipinski definition) is 16. The second-order valence-corrected chi connectivity index (χ2v) is 23.3. The molecule has 0 aliphatic carbocycles. The predicted octanol–water partition coefficient (Wildman–Crippen LogP) is 12.6. The Kier molecular flexibility index (Phi) is 23.6. The molecule has 0 spiro atoms. The fraction of sp³-hybridized carbons (Fsp3) is 0.431. The maximum atomic E-state index is 14.3. The molecule has 2 aromatic heterocycles. The molecule has 1 aliphatic heterocycles. The number of methoxy groups -OCH3 is 3. The molecule has 0 amide bonds. The first kappa shape index (κ1) is 64.4. The lowest BCUT2D eigenvalue weighted by Crippen LogP contribution is -2.49. The van der Waals surface area contributed by atoms with Crippen LogP contribution in [0.2, 0.25) is 5.02 Å². The minimum atomic E-state index is -1.96. The third-order valence-electron chi connectivity index (χ3n) is 15.0. The number of carbonyl (C=O) groups is 1. The van der Waals surface area contributed by atoms with Crippen molar-refractivity contribution >= 4 is 47.7 Å². The number of nitriles is 1. The van der Waals surface area contributed by atoms with Crippen LogP contribution in [0.1, 0.15) is 126 Å². The van der Waals surface area contributed by atoms with E-state index in [0.29, 0.717) is 77.6 Å². The Morgan fingerprint density at radius 2 is 1.45 bits per heavy atom. The second-order valence-electron chi connectivity index (χ2n) is 21.4. The summed E-state index contributed by atoms with van der Waals surface area (Å²) in [4.78, 5) is 55.6. The molecule has 1 aliphatic rings. The van der Waals surface area contributed by atoms with Crippen molar-refractivity contribution in [3.05, 3.63) is 176 Å². The number of nitrogens with one attached hydrogen (secondary N) is 2. The zero-order valence-electron chi connectivity index (χ0n) is 49.8. The number of nitrogens with zero attached hydrogens (tertiary/aromatic N) is 5. The Morgan fingerprint density at radius 1 is 0.788 bits per heavy atom. The van der Waals surface area contributed by atoms with Gasteiger partial charge in [0.1, 0.15) is 35.1 Å². The fourth-order valence-electron chi connectivity index (χ4n) is 10.9. The molecule has 1 unspecified atom stereocenters. The van der Waals surface area contributed by atoms with Crippen LogP contribution in [0.3, 0.4) is 0 Å². The van der Waals surface area contributed by atoms with E-state index in [-0.39, 0.29) is 37.5 Å². The quantitative estimate of drug-likeness (QED) is 0.00981. The maximum Gasteiger partial charge on any atom is 0.330 e. The molecule has 0 bridgehead atoms. The molecule has 18 nitrogen and oxygen atoms in total. The number of H-pyrrole nitrogens is 1. The van der Waals surface area contributed by atoms with Gasteiger partial charge in [-0.15, -0.1) is 5.17 Å². The lowest BCUT2D eigenvalue weighted by atomic mass is 9.80. The standard InChI is InChI=1S/C65H79ClN7O11P/c1-9-10-11-18-38-72(68-37-17-13-16-22-57(74)60-53-33-27-49(66)41-56(53)69-55-34-32-52(79-8)42-54(55)60)83-62-61(84-85(81-40-19-36-67)73(44(2)3)45(4)5)58(82-63(62)71-39-35-59(75)70-64(71)76)43-80-65(46-20-14-12-15-21-46,47-23-28-50(77-6)29-24-47)48-25-30-51(78-7)31-26-48/h12,14-15,20-21,23-35,39,41-42,44-45,58,61-63,68H,9-11,13,16-19,22,37-38,40,43H2,1-8H3,(H,70,75,76)/t58-,61-,62-,63-,85?/m1/s1. The third kappa shape index (κ3) is 15.9. The van der Waals surface area contributed by atoms with Crippen molar-refractivity contribution in [3.8, 4) is 23.3 Å². The van der Waals surface area contributed by atoms with Crippen LogP contribution >= 0.6 is 20.1 Å². The highest BCUT2D eigenvalue weighted by atomic mass is 35.5. The summed E-state index contributed by atoms with van der Waals surface area (Å²) in [6.07, 6.45) is 3.22. The van der Waals surface area contributed by atoms with Gasteiger partial charge < -0.3 is 32.7 Å². The molecule has 0 radical (unpaired) electrons. The summed E-state index contributed by atoms with van der Waals surface area (Å²) in [5, 5.41) is 13.4. The number of benzene rings is 5. The topological polar surface area (TPSA) is 201 Å². The Bertz CT molecular complexity index is 3380. The normalized spacial score (nSPS) is 16.7. The van der Waals surface area contributed by atoms with Crippen LogP contribution in [0, 0.1) is 11.3 Å². The van der Waals surface area contributed by atoms with Crippen LogP contribution in [0.15, 0.2) is 137 Å². The Labute approximate surface area is 504 Å². The van der Waals surface area contributed by atoms with Crippen LogP contribution in [-0.2, 0) is 29.0 Å². The monoisotopic (exact) mass is 1200 g/mol. The number of aromatic nitrogens is 3. The van der Waals surface area contributed by atoms with Gasteiger partial charge in [-0.05, 0) is 118 Å². The summed E-state index contributed by atoms with van der Waals surface area (Å²) in [5.41, 5.74) is 5.26. The van der Waals surface area contributed by atoms with E-state index < -0.39 is 49.9 Å². The molecule has 1 fully saturated rings. The number of carbonyl (C=O) groups excluding carboxylic acids is 1. The number of rotatable bonds is 33. The zero-order chi connectivity index (χ0) is 60.5.